The highest BCUT2D eigenvalue weighted by atomic mass is 79.9. The smallest absolute Gasteiger partial charge is 0.0276 e. The molecule has 3 heteroatoms. The van der Waals surface area contributed by atoms with Crippen molar-refractivity contribution in [2.75, 3.05) is 10.7 Å². The van der Waals surface area contributed by atoms with E-state index >= 15 is 0 Å². The standard InChI is InChI=1S/C5H9Br3/c1-4(2-6)5(8)3-7/h4-5H,2-3H2,1H3. The van der Waals surface area contributed by atoms with Crippen LogP contribution in [0, 0.1) is 5.92 Å². The Morgan fingerprint density at radius 1 is 1.25 bits per heavy atom. The summed E-state index contributed by atoms with van der Waals surface area (Å²) in [6.07, 6.45) is 0. The Labute approximate surface area is 75.8 Å². The van der Waals surface area contributed by atoms with E-state index in [1.54, 1.807) is 0 Å². The minimum atomic E-state index is 0.599. The van der Waals surface area contributed by atoms with Crippen molar-refractivity contribution < 1.29 is 0 Å². The van der Waals surface area contributed by atoms with Gasteiger partial charge in [-0.05, 0) is 5.92 Å². The Morgan fingerprint density at radius 2 is 1.75 bits per heavy atom. The third kappa shape index (κ3) is 3.46. The van der Waals surface area contributed by atoms with Crippen molar-refractivity contribution in [3.8, 4) is 0 Å². The first kappa shape index (κ1) is 9.44. The Bertz CT molecular complexity index is 47.6. The quantitative estimate of drug-likeness (QED) is 0.703. The predicted molar refractivity (Wildman–Crippen MR) is 49.5 cm³/mol. The highest BCUT2D eigenvalue weighted by Crippen LogP contribution is 2.16. The molecule has 0 aromatic heterocycles. The van der Waals surface area contributed by atoms with Gasteiger partial charge in [0.1, 0.15) is 0 Å². The van der Waals surface area contributed by atoms with Gasteiger partial charge in [-0.25, -0.2) is 0 Å². The maximum Gasteiger partial charge on any atom is 0.0276 e. The average Bonchev–Trinajstić information content (AvgIpc) is 1.84. The van der Waals surface area contributed by atoms with Gasteiger partial charge < -0.3 is 0 Å². The van der Waals surface area contributed by atoms with Crippen molar-refractivity contribution in [3.05, 3.63) is 0 Å². The van der Waals surface area contributed by atoms with Gasteiger partial charge in [0, 0.05) is 15.5 Å². The van der Waals surface area contributed by atoms with Crippen LogP contribution in [0.5, 0.6) is 0 Å². The van der Waals surface area contributed by atoms with Crippen LogP contribution in [0.15, 0.2) is 0 Å². The first-order chi connectivity index (χ1) is 3.72. The lowest BCUT2D eigenvalue weighted by molar-refractivity contribution is 0.675. The van der Waals surface area contributed by atoms with Crippen LogP contribution in [-0.4, -0.2) is 15.5 Å². The second kappa shape index (κ2) is 5.24. The zero-order chi connectivity index (χ0) is 6.57. The molecule has 0 heterocycles. The Hall–Kier alpha value is 1.44. The number of alkyl halides is 3. The molecular formula is C5H9Br3. The topological polar surface area (TPSA) is 0 Å². The second-order valence-corrected chi connectivity index (χ2v) is 4.27. The number of rotatable bonds is 3. The van der Waals surface area contributed by atoms with E-state index < -0.39 is 0 Å². The van der Waals surface area contributed by atoms with Crippen LogP contribution < -0.4 is 0 Å². The molecule has 0 rings (SSSR count). The SMILES string of the molecule is CC(CBr)C(Br)CBr. The molecule has 0 spiro atoms. The van der Waals surface area contributed by atoms with Crippen LogP contribution in [0.1, 0.15) is 6.92 Å². The summed E-state index contributed by atoms with van der Waals surface area (Å²) in [6.45, 7) is 2.20. The number of hydrogen-bond acceptors (Lipinski definition) is 0. The molecule has 0 aromatic carbocycles. The summed E-state index contributed by atoms with van der Waals surface area (Å²) in [6, 6.07) is 0. The molecule has 0 aliphatic rings. The average molecular weight is 309 g/mol. The molecule has 0 bridgehead atoms. The van der Waals surface area contributed by atoms with Gasteiger partial charge in [0.05, 0.1) is 0 Å². The normalized spacial score (nSPS) is 18.0. The van der Waals surface area contributed by atoms with E-state index in [2.05, 4.69) is 54.7 Å². The van der Waals surface area contributed by atoms with E-state index in [1.807, 2.05) is 0 Å². The third-order valence-corrected chi connectivity index (χ3v) is 4.82. The molecule has 2 unspecified atom stereocenters. The van der Waals surface area contributed by atoms with Crippen molar-refractivity contribution in [2.45, 2.75) is 11.8 Å². The van der Waals surface area contributed by atoms with Crippen LogP contribution in [-0.2, 0) is 0 Å². The molecule has 0 amide bonds. The summed E-state index contributed by atoms with van der Waals surface area (Å²) in [5.74, 6) is 0.703. The predicted octanol–water partition coefficient (Wildman–Crippen LogP) is 3.18. The Balaban J connectivity index is 3.29. The van der Waals surface area contributed by atoms with Gasteiger partial charge in [-0.2, -0.15) is 0 Å². The highest BCUT2D eigenvalue weighted by Gasteiger charge is 2.09. The molecule has 0 aliphatic carbocycles. The van der Waals surface area contributed by atoms with Crippen molar-refractivity contribution in [2.24, 2.45) is 5.92 Å². The van der Waals surface area contributed by atoms with Crippen LogP contribution >= 0.6 is 47.8 Å². The van der Waals surface area contributed by atoms with Gasteiger partial charge in [-0.3, -0.25) is 0 Å². The fraction of sp³-hybridized carbons (Fsp3) is 1.00. The fourth-order valence-electron chi connectivity index (χ4n) is 0.249. The first-order valence-electron chi connectivity index (χ1n) is 2.48. The van der Waals surface area contributed by atoms with E-state index in [9.17, 15) is 0 Å². The Kier molecular flexibility index (Phi) is 6.19. The molecule has 0 saturated carbocycles. The molecule has 50 valence electrons. The van der Waals surface area contributed by atoms with E-state index in [1.165, 1.54) is 0 Å². The molecule has 2 atom stereocenters. The van der Waals surface area contributed by atoms with E-state index in [0.29, 0.717) is 10.7 Å². The summed E-state index contributed by atoms with van der Waals surface area (Å²) >= 11 is 10.3. The fourth-order valence-corrected chi connectivity index (χ4v) is 2.03. The molecule has 0 aliphatic heterocycles. The minimum Gasteiger partial charge on any atom is -0.0925 e. The molecule has 0 radical (unpaired) electrons. The van der Waals surface area contributed by atoms with Gasteiger partial charge in [0.2, 0.25) is 0 Å². The molecular weight excluding hydrogens is 300 g/mol. The van der Waals surface area contributed by atoms with Crippen molar-refractivity contribution in [1.82, 2.24) is 0 Å². The van der Waals surface area contributed by atoms with Crippen molar-refractivity contribution in [3.63, 3.8) is 0 Å². The monoisotopic (exact) mass is 306 g/mol. The van der Waals surface area contributed by atoms with Crippen LogP contribution in [0.4, 0.5) is 0 Å². The highest BCUT2D eigenvalue weighted by molar-refractivity contribution is 9.12. The Morgan fingerprint density at radius 3 is 1.88 bits per heavy atom. The van der Waals surface area contributed by atoms with Gasteiger partial charge in [-0.15, -0.1) is 0 Å². The van der Waals surface area contributed by atoms with Crippen LogP contribution in [0.2, 0.25) is 0 Å². The second-order valence-electron chi connectivity index (χ2n) is 1.80. The zero-order valence-electron chi connectivity index (χ0n) is 4.70. The lowest BCUT2D eigenvalue weighted by Gasteiger charge is -2.11. The van der Waals surface area contributed by atoms with Crippen LogP contribution in [0.25, 0.3) is 0 Å². The van der Waals surface area contributed by atoms with Gasteiger partial charge in [0.25, 0.3) is 0 Å². The summed E-state index contributed by atoms with van der Waals surface area (Å²) in [5.41, 5.74) is 0. The molecule has 0 saturated heterocycles. The lowest BCUT2D eigenvalue weighted by atomic mass is 10.2. The maximum absolute atomic E-state index is 3.53. The van der Waals surface area contributed by atoms with Gasteiger partial charge >= 0.3 is 0 Å². The van der Waals surface area contributed by atoms with Gasteiger partial charge in [0.15, 0.2) is 0 Å². The van der Waals surface area contributed by atoms with Crippen molar-refractivity contribution in [1.29, 1.82) is 0 Å². The summed E-state index contributed by atoms with van der Waals surface area (Å²) in [7, 11) is 0. The van der Waals surface area contributed by atoms with Gasteiger partial charge in [-0.1, -0.05) is 54.7 Å². The van der Waals surface area contributed by atoms with Crippen molar-refractivity contribution >= 4 is 47.8 Å². The van der Waals surface area contributed by atoms with E-state index in [0.717, 1.165) is 10.7 Å². The van der Waals surface area contributed by atoms with E-state index in [4.69, 9.17) is 0 Å². The lowest BCUT2D eigenvalue weighted by Crippen LogP contribution is -2.12. The largest absolute Gasteiger partial charge is 0.0925 e. The summed E-state index contributed by atoms with van der Waals surface area (Å²) < 4.78 is 0. The number of halogens is 3. The maximum atomic E-state index is 3.53. The zero-order valence-corrected chi connectivity index (χ0v) is 9.46. The molecule has 0 fully saturated rings. The first-order valence-corrected chi connectivity index (χ1v) is 5.64. The summed E-state index contributed by atoms with van der Waals surface area (Å²) in [5, 5.41) is 2.09. The molecule has 8 heavy (non-hydrogen) atoms. The summed E-state index contributed by atoms with van der Waals surface area (Å²) in [4.78, 5) is 0.599. The van der Waals surface area contributed by atoms with E-state index in [-0.39, 0.29) is 0 Å². The third-order valence-electron chi connectivity index (χ3n) is 1.01. The molecule has 0 aromatic rings. The van der Waals surface area contributed by atoms with Crippen LogP contribution in [0.3, 0.4) is 0 Å². The molecule has 0 nitrogen and oxygen atoms in total. The molecule has 0 N–H and O–H groups in total. The minimum absolute atomic E-state index is 0.599. The number of hydrogen-bond donors (Lipinski definition) is 0.